The van der Waals surface area contributed by atoms with Crippen molar-refractivity contribution in [2.45, 2.75) is 51.4 Å². The molecule has 1 aliphatic carbocycles. The Kier molecular flexibility index (Phi) is 10.8. The molecule has 0 aliphatic heterocycles. The van der Waals surface area contributed by atoms with Crippen LogP contribution in [0.25, 0.3) is 11.1 Å². The van der Waals surface area contributed by atoms with Crippen molar-refractivity contribution in [3.8, 4) is 22.6 Å². The summed E-state index contributed by atoms with van der Waals surface area (Å²) in [5.74, 6) is 0.0247. The summed E-state index contributed by atoms with van der Waals surface area (Å²) in [7, 11) is 0. The summed E-state index contributed by atoms with van der Waals surface area (Å²) in [5, 5.41) is 2.84. The molecule has 1 aliphatic rings. The maximum absolute atomic E-state index is 14.0. The van der Waals surface area contributed by atoms with Crippen LogP contribution in [0.5, 0.6) is 11.5 Å². The van der Waals surface area contributed by atoms with Gasteiger partial charge in [-0.25, -0.2) is 9.59 Å². The Labute approximate surface area is 298 Å². The van der Waals surface area contributed by atoms with E-state index in [4.69, 9.17) is 18.9 Å². The molecule has 1 N–H and O–H groups in total. The lowest BCUT2D eigenvalue weighted by atomic mass is 9.97. The third-order valence-electron chi connectivity index (χ3n) is 8.46. The lowest BCUT2D eigenvalue weighted by Gasteiger charge is -2.20. The van der Waals surface area contributed by atoms with Crippen molar-refractivity contribution in [3.63, 3.8) is 0 Å². The number of ketones is 1. The second kappa shape index (κ2) is 15.8. The van der Waals surface area contributed by atoms with Gasteiger partial charge in [0.2, 0.25) is 0 Å². The van der Waals surface area contributed by atoms with E-state index in [9.17, 15) is 14.4 Å². The quantitative estimate of drug-likeness (QED) is 0.0984. The van der Waals surface area contributed by atoms with Crippen LogP contribution >= 0.6 is 0 Å². The number of ether oxygens (including phenoxy) is 4. The summed E-state index contributed by atoms with van der Waals surface area (Å²) in [6.45, 7) is 5.56. The highest BCUT2D eigenvalue weighted by Gasteiger charge is 2.30. The van der Waals surface area contributed by atoms with Gasteiger partial charge in [-0.3, -0.25) is 4.79 Å². The van der Waals surface area contributed by atoms with Crippen LogP contribution in [0.4, 0.5) is 4.79 Å². The molecule has 8 nitrogen and oxygen atoms in total. The maximum Gasteiger partial charge on any atom is 0.407 e. The fourth-order valence-electron chi connectivity index (χ4n) is 6.14. The zero-order valence-corrected chi connectivity index (χ0v) is 29.0. The minimum absolute atomic E-state index is 0.113. The summed E-state index contributed by atoms with van der Waals surface area (Å²) in [6.07, 6.45) is -0.499. The molecule has 0 bridgehead atoms. The van der Waals surface area contributed by atoms with Crippen molar-refractivity contribution >= 4 is 17.8 Å². The number of hydrogen-bond acceptors (Lipinski definition) is 7. The van der Waals surface area contributed by atoms with Gasteiger partial charge in [-0.2, -0.15) is 0 Å². The van der Waals surface area contributed by atoms with Crippen LogP contribution in [0.1, 0.15) is 59.3 Å². The van der Waals surface area contributed by atoms with Gasteiger partial charge in [-0.15, -0.1) is 0 Å². The number of carbonyl (C=O) groups is 3. The van der Waals surface area contributed by atoms with Gasteiger partial charge in [0.05, 0.1) is 6.04 Å². The minimum atomic E-state index is -0.960. The molecule has 260 valence electrons. The Morgan fingerprint density at radius 1 is 0.686 bits per heavy atom. The van der Waals surface area contributed by atoms with Crippen LogP contribution in [0.3, 0.4) is 0 Å². The van der Waals surface area contributed by atoms with E-state index in [2.05, 4.69) is 29.6 Å². The lowest BCUT2D eigenvalue weighted by Crippen LogP contribution is -2.43. The standard InChI is InChI=1S/C43H41NO7/c1-43(2,3)51-40(45)28-49-33-15-11-14-31(25-33)41(46)39(24-29-20-22-32(23-21-29)48-26-30-12-5-4-6-13-30)44-42(47)50-27-38-36-18-9-7-16-34(36)35-17-8-10-19-37(35)38/h4-23,25,38-39H,24,26-28H2,1-3H3,(H,44,47)/t39-/m0/s1. The molecule has 5 aromatic rings. The van der Waals surface area contributed by atoms with Crippen LogP contribution < -0.4 is 14.8 Å². The Balaban J connectivity index is 1.16. The van der Waals surface area contributed by atoms with Gasteiger partial charge in [0, 0.05) is 17.9 Å². The van der Waals surface area contributed by atoms with Crippen molar-refractivity contribution in [3.05, 3.63) is 155 Å². The van der Waals surface area contributed by atoms with Crippen molar-refractivity contribution in [1.82, 2.24) is 5.32 Å². The predicted molar refractivity (Wildman–Crippen MR) is 195 cm³/mol. The highest BCUT2D eigenvalue weighted by molar-refractivity contribution is 6.02. The number of carbonyl (C=O) groups excluding carboxylic acids is 3. The molecule has 51 heavy (non-hydrogen) atoms. The molecule has 0 aromatic heterocycles. The molecule has 1 atom stereocenters. The smallest absolute Gasteiger partial charge is 0.407 e. The van der Waals surface area contributed by atoms with Gasteiger partial charge in [-0.05, 0) is 78.4 Å². The summed E-state index contributed by atoms with van der Waals surface area (Å²) in [6, 6.07) is 39.1. The van der Waals surface area contributed by atoms with Crippen molar-refractivity contribution < 1.29 is 33.3 Å². The number of benzene rings is 5. The summed E-state index contributed by atoms with van der Waals surface area (Å²) >= 11 is 0. The molecule has 0 spiro atoms. The topological polar surface area (TPSA) is 100 Å². The van der Waals surface area contributed by atoms with Gasteiger partial charge in [0.25, 0.3) is 0 Å². The zero-order valence-electron chi connectivity index (χ0n) is 29.0. The van der Waals surface area contributed by atoms with Crippen LogP contribution in [0.2, 0.25) is 0 Å². The number of alkyl carbamates (subject to hydrolysis) is 1. The molecule has 0 heterocycles. The van der Waals surface area contributed by atoms with E-state index >= 15 is 0 Å². The van der Waals surface area contributed by atoms with Crippen LogP contribution in [0, 0.1) is 0 Å². The first-order chi connectivity index (χ1) is 24.6. The molecular formula is C43H41NO7. The number of hydrogen-bond donors (Lipinski definition) is 1. The summed E-state index contributed by atoms with van der Waals surface area (Å²) in [4.78, 5) is 39.7. The van der Waals surface area contributed by atoms with Crippen LogP contribution in [-0.2, 0) is 27.3 Å². The fourth-order valence-corrected chi connectivity index (χ4v) is 6.14. The van der Waals surface area contributed by atoms with E-state index in [1.165, 1.54) is 0 Å². The van der Waals surface area contributed by atoms with Gasteiger partial charge in [0.15, 0.2) is 12.4 Å². The number of esters is 1. The van der Waals surface area contributed by atoms with Gasteiger partial charge >= 0.3 is 12.1 Å². The molecule has 1 amide bonds. The Hall–Kier alpha value is -5.89. The van der Waals surface area contributed by atoms with Crippen molar-refractivity contribution in [2.24, 2.45) is 0 Å². The van der Waals surface area contributed by atoms with Crippen LogP contribution in [0.15, 0.2) is 127 Å². The van der Waals surface area contributed by atoms with Crippen LogP contribution in [-0.4, -0.2) is 42.7 Å². The molecule has 6 rings (SSSR count). The Bertz CT molecular complexity index is 1940. The first-order valence-electron chi connectivity index (χ1n) is 17.0. The third-order valence-corrected chi connectivity index (χ3v) is 8.46. The highest BCUT2D eigenvalue weighted by atomic mass is 16.6. The van der Waals surface area contributed by atoms with E-state index in [1.807, 2.05) is 78.9 Å². The van der Waals surface area contributed by atoms with Gasteiger partial charge < -0.3 is 24.3 Å². The number of Topliss-reactive ketones (excluding diaryl/α,β-unsaturated/α-hetero) is 1. The fraction of sp³-hybridized carbons (Fsp3) is 0.233. The summed E-state index contributed by atoms with van der Waals surface area (Å²) < 4.78 is 22.7. The normalized spacial score (nSPS) is 12.6. The second-order valence-corrected chi connectivity index (χ2v) is 13.4. The Morgan fingerprint density at radius 3 is 2.00 bits per heavy atom. The molecule has 0 saturated heterocycles. The predicted octanol–water partition coefficient (Wildman–Crippen LogP) is 8.32. The molecular weight excluding hydrogens is 642 g/mol. The molecule has 0 fully saturated rings. The minimum Gasteiger partial charge on any atom is -0.489 e. The van der Waals surface area contributed by atoms with Crippen molar-refractivity contribution in [2.75, 3.05) is 13.2 Å². The van der Waals surface area contributed by atoms with E-state index in [-0.39, 0.29) is 31.3 Å². The molecule has 5 aromatic carbocycles. The molecule has 8 heteroatoms. The zero-order chi connectivity index (χ0) is 35.8. The molecule has 0 saturated carbocycles. The number of nitrogens with one attached hydrogen (secondary N) is 1. The Morgan fingerprint density at radius 2 is 1.33 bits per heavy atom. The monoisotopic (exact) mass is 683 g/mol. The van der Waals surface area contributed by atoms with E-state index < -0.39 is 23.7 Å². The molecule has 0 radical (unpaired) electrons. The third kappa shape index (κ3) is 9.22. The number of fused-ring (bicyclic) bond motifs is 3. The first kappa shape index (κ1) is 35.0. The van der Waals surface area contributed by atoms with Gasteiger partial charge in [0.1, 0.15) is 30.3 Å². The van der Waals surface area contributed by atoms with E-state index in [0.717, 1.165) is 33.4 Å². The second-order valence-electron chi connectivity index (χ2n) is 13.4. The largest absolute Gasteiger partial charge is 0.489 e. The average molecular weight is 684 g/mol. The molecule has 0 unspecified atom stereocenters. The van der Waals surface area contributed by atoms with E-state index in [0.29, 0.717) is 23.7 Å². The highest BCUT2D eigenvalue weighted by Crippen LogP contribution is 2.44. The number of amides is 1. The first-order valence-corrected chi connectivity index (χ1v) is 17.0. The number of rotatable bonds is 13. The van der Waals surface area contributed by atoms with Gasteiger partial charge in [-0.1, -0.05) is 103 Å². The maximum atomic E-state index is 14.0. The van der Waals surface area contributed by atoms with E-state index in [1.54, 1.807) is 45.0 Å². The SMILES string of the molecule is CC(C)(C)OC(=O)COc1cccc(C(=O)[C@H](Cc2ccc(OCc3ccccc3)cc2)NC(=O)OCC2c3ccccc3-c3ccccc32)c1. The average Bonchev–Trinajstić information content (AvgIpc) is 3.45. The summed E-state index contributed by atoms with van der Waals surface area (Å²) in [5.41, 5.74) is 5.97. The lowest BCUT2D eigenvalue weighted by molar-refractivity contribution is -0.157. The van der Waals surface area contributed by atoms with Crippen molar-refractivity contribution in [1.29, 1.82) is 0 Å².